The molecule has 0 spiro atoms. The van der Waals surface area contributed by atoms with Crippen LogP contribution in [0.25, 0.3) is 22.7 Å². The summed E-state index contributed by atoms with van der Waals surface area (Å²) >= 11 is 3.46. The summed E-state index contributed by atoms with van der Waals surface area (Å²) in [7, 11) is 0. The number of ketones is 1. The molecule has 0 unspecified atom stereocenters. The van der Waals surface area contributed by atoms with Crippen LogP contribution in [0.2, 0.25) is 0 Å². The number of hydrogen-bond donors (Lipinski definition) is 0. The quantitative estimate of drug-likeness (QED) is 0.562. The number of halogens is 2. The highest BCUT2D eigenvalue weighted by atomic mass is 79.9. The monoisotopic (exact) mass is 428 g/mol. The summed E-state index contributed by atoms with van der Waals surface area (Å²) in [4.78, 5) is 28.9. The molecule has 0 aliphatic carbocycles. The Hall–Kier alpha value is -2.60. The van der Waals surface area contributed by atoms with Gasteiger partial charge in [0.2, 0.25) is 0 Å². The van der Waals surface area contributed by atoms with Gasteiger partial charge in [-0.05, 0) is 55.8 Å². The highest BCUT2D eigenvalue weighted by Crippen LogP contribution is 2.22. The van der Waals surface area contributed by atoms with Gasteiger partial charge < -0.3 is 0 Å². The van der Waals surface area contributed by atoms with Crippen molar-refractivity contribution in [1.29, 1.82) is 0 Å². The van der Waals surface area contributed by atoms with Crippen molar-refractivity contribution in [3.8, 4) is 5.69 Å². The van der Waals surface area contributed by atoms with E-state index in [0.717, 1.165) is 10.0 Å². The molecule has 1 aromatic heterocycles. The molecule has 1 heterocycles. The third-order valence-corrected chi connectivity index (χ3v) is 5.16. The van der Waals surface area contributed by atoms with Crippen LogP contribution in [0.1, 0.15) is 30.8 Å². The standard InChI is InChI=1S/C21H18BrFN2O2/c1-4-20-24-19-11-18(23)14(6-5-13(3)26)10-16(19)21(27)25(20)15-7-8-17(22)12(2)9-15/h5-11H,4H2,1-3H3/b6-5+. The van der Waals surface area contributed by atoms with E-state index >= 15 is 0 Å². The van der Waals surface area contributed by atoms with Crippen molar-refractivity contribution in [3.63, 3.8) is 0 Å². The number of fused-ring (bicyclic) bond motifs is 1. The minimum Gasteiger partial charge on any atom is -0.295 e. The van der Waals surface area contributed by atoms with Gasteiger partial charge in [0.15, 0.2) is 5.78 Å². The van der Waals surface area contributed by atoms with Gasteiger partial charge in [0.25, 0.3) is 5.56 Å². The van der Waals surface area contributed by atoms with Crippen molar-refractivity contribution >= 4 is 38.7 Å². The first-order chi connectivity index (χ1) is 12.8. The molecule has 138 valence electrons. The lowest BCUT2D eigenvalue weighted by molar-refractivity contribution is -0.112. The second-order valence-electron chi connectivity index (χ2n) is 6.29. The summed E-state index contributed by atoms with van der Waals surface area (Å²) < 4.78 is 16.8. The molecular weight excluding hydrogens is 411 g/mol. The first-order valence-corrected chi connectivity index (χ1v) is 9.31. The van der Waals surface area contributed by atoms with E-state index in [0.29, 0.717) is 28.8 Å². The third-order valence-electron chi connectivity index (χ3n) is 4.27. The number of benzene rings is 2. The molecule has 0 fully saturated rings. The Bertz CT molecular complexity index is 1150. The van der Waals surface area contributed by atoms with Crippen LogP contribution in [0.4, 0.5) is 4.39 Å². The van der Waals surface area contributed by atoms with Crippen molar-refractivity contribution in [3.05, 3.63) is 74.0 Å². The van der Waals surface area contributed by atoms with E-state index in [9.17, 15) is 14.0 Å². The molecule has 4 nitrogen and oxygen atoms in total. The summed E-state index contributed by atoms with van der Waals surface area (Å²) in [5.41, 5.74) is 1.91. The molecule has 0 radical (unpaired) electrons. The van der Waals surface area contributed by atoms with E-state index in [1.165, 1.54) is 31.2 Å². The first kappa shape index (κ1) is 19.2. The Morgan fingerprint density at radius 3 is 2.67 bits per heavy atom. The van der Waals surface area contributed by atoms with Crippen molar-refractivity contribution in [1.82, 2.24) is 9.55 Å². The van der Waals surface area contributed by atoms with Crippen LogP contribution < -0.4 is 5.56 Å². The average molecular weight is 429 g/mol. The average Bonchev–Trinajstić information content (AvgIpc) is 2.62. The number of aryl methyl sites for hydroxylation is 2. The molecule has 0 bridgehead atoms. The van der Waals surface area contributed by atoms with Gasteiger partial charge in [0, 0.05) is 22.5 Å². The second-order valence-corrected chi connectivity index (χ2v) is 7.14. The summed E-state index contributed by atoms with van der Waals surface area (Å²) in [6.07, 6.45) is 3.17. The van der Waals surface area contributed by atoms with E-state index in [-0.39, 0.29) is 16.9 Å². The molecule has 2 aromatic carbocycles. The fourth-order valence-electron chi connectivity index (χ4n) is 2.88. The van der Waals surface area contributed by atoms with Crippen LogP contribution in [-0.2, 0) is 11.2 Å². The number of aromatic nitrogens is 2. The van der Waals surface area contributed by atoms with Gasteiger partial charge in [-0.3, -0.25) is 14.2 Å². The van der Waals surface area contributed by atoms with Crippen molar-refractivity contribution in [2.24, 2.45) is 0 Å². The summed E-state index contributed by atoms with van der Waals surface area (Å²) in [5.74, 6) is -0.163. The molecule has 0 saturated heterocycles. The maximum absolute atomic E-state index is 14.3. The van der Waals surface area contributed by atoms with Crippen molar-refractivity contribution in [2.75, 3.05) is 0 Å². The zero-order valence-electron chi connectivity index (χ0n) is 15.2. The SMILES string of the molecule is CCc1nc2cc(F)c(/C=C/C(C)=O)cc2c(=O)n1-c1ccc(Br)c(C)c1. The molecule has 0 N–H and O–H groups in total. The van der Waals surface area contributed by atoms with Crippen LogP contribution in [0.5, 0.6) is 0 Å². The van der Waals surface area contributed by atoms with E-state index < -0.39 is 5.82 Å². The maximum Gasteiger partial charge on any atom is 0.265 e. The fraction of sp³-hybridized carbons (Fsp3) is 0.190. The van der Waals surface area contributed by atoms with Crippen molar-refractivity contribution < 1.29 is 9.18 Å². The van der Waals surface area contributed by atoms with E-state index in [2.05, 4.69) is 20.9 Å². The van der Waals surface area contributed by atoms with Gasteiger partial charge in [-0.2, -0.15) is 0 Å². The number of carbonyl (C=O) groups excluding carboxylic acids is 1. The van der Waals surface area contributed by atoms with Gasteiger partial charge in [0.1, 0.15) is 11.6 Å². The number of allylic oxidation sites excluding steroid dienone is 1. The van der Waals surface area contributed by atoms with E-state index in [4.69, 9.17) is 0 Å². The number of hydrogen-bond acceptors (Lipinski definition) is 3. The topological polar surface area (TPSA) is 52.0 Å². The second kappa shape index (κ2) is 7.56. The number of nitrogens with zero attached hydrogens (tertiary/aromatic N) is 2. The predicted octanol–water partition coefficient (Wildman–Crippen LogP) is 4.76. The molecule has 0 atom stereocenters. The first-order valence-electron chi connectivity index (χ1n) is 8.52. The molecule has 0 amide bonds. The zero-order valence-corrected chi connectivity index (χ0v) is 16.8. The molecule has 6 heteroatoms. The highest BCUT2D eigenvalue weighted by Gasteiger charge is 2.14. The van der Waals surface area contributed by atoms with Gasteiger partial charge in [0.05, 0.1) is 16.6 Å². The Balaban J connectivity index is 2.32. The van der Waals surface area contributed by atoms with Gasteiger partial charge in [-0.25, -0.2) is 9.37 Å². The fourth-order valence-corrected chi connectivity index (χ4v) is 3.12. The van der Waals surface area contributed by atoms with Crippen LogP contribution in [0, 0.1) is 12.7 Å². The minimum absolute atomic E-state index is 0.180. The molecule has 3 aromatic rings. The van der Waals surface area contributed by atoms with Crippen LogP contribution in [-0.4, -0.2) is 15.3 Å². The van der Waals surface area contributed by atoms with E-state index in [1.54, 1.807) is 4.57 Å². The smallest absolute Gasteiger partial charge is 0.265 e. The summed E-state index contributed by atoms with van der Waals surface area (Å²) in [6.45, 7) is 5.22. The highest BCUT2D eigenvalue weighted by molar-refractivity contribution is 9.10. The molecule has 0 aliphatic heterocycles. The lowest BCUT2D eigenvalue weighted by Gasteiger charge is -2.14. The zero-order chi connectivity index (χ0) is 19.7. The van der Waals surface area contributed by atoms with Gasteiger partial charge in [-0.15, -0.1) is 0 Å². The number of carbonyl (C=O) groups is 1. The van der Waals surface area contributed by atoms with Crippen LogP contribution in [0.15, 0.2) is 45.7 Å². The lowest BCUT2D eigenvalue weighted by atomic mass is 10.1. The van der Waals surface area contributed by atoms with E-state index in [1.807, 2.05) is 32.0 Å². The van der Waals surface area contributed by atoms with Crippen LogP contribution >= 0.6 is 15.9 Å². The Kier molecular flexibility index (Phi) is 5.37. The summed E-state index contributed by atoms with van der Waals surface area (Å²) in [6, 6.07) is 8.31. The molecular formula is C21H18BrFN2O2. The largest absolute Gasteiger partial charge is 0.295 e. The summed E-state index contributed by atoms with van der Waals surface area (Å²) in [5, 5.41) is 0.303. The normalized spacial score (nSPS) is 11.4. The minimum atomic E-state index is -0.522. The third kappa shape index (κ3) is 3.76. The molecule has 0 saturated carbocycles. The predicted molar refractivity (Wildman–Crippen MR) is 109 cm³/mol. The molecule has 27 heavy (non-hydrogen) atoms. The van der Waals surface area contributed by atoms with Crippen molar-refractivity contribution in [2.45, 2.75) is 27.2 Å². The molecule has 0 aliphatic rings. The lowest BCUT2D eigenvalue weighted by Crippen LogP contribution is -2.24. The van der Waals surface area contributed by atoms with Gasteiger partial charge >= 0.3 is 0 Å². The maximum atomic E-state index is 14.3. The Labute approximate surface area is 164 Å². The Morgan fingerprint density at radius 2 is 2.04 bits per heavy atom. The van der Waals surface area contributed by atoms with Gasteiger partial charge in [-0.1, -0.05) is 22.9 Å². The Morgan fingerprint density at radius 1 is 1.30 bits per heavy atom. The number of rotatable bonds is 4. The molecule has 3 rings (SSSR count). The van der Waals surface area contributed by atoms with Crippen LogP contribution in [0.3, 0.4) is 0 Å².